The van der Waals surface area contributed by atoms with Crippen LogP contribution < -0.4 is 5.32 Å². The van der Waals surface area contributed by atoms with E-state index in [1.807, 2.05) is 18.2 Å². The van der Waals surface area contributed by atoms with Gasteiger partial charge < -0.3 is 20.2 Å². The lowest BCUT2D eigenvalue weighted by atomic mass is 9.80. The number of aliphatic hydroxyl groups excluding tert-OH is 1. The molecule has 0 aromatic heterocycles. The van der Waals surface area contributed by atoms with E-state index in [0.717, 1.165) is 18.4 Å². The van der Waals surface area contributed by atoms with Gasteiger partial charge in [-0.15, -0.1) is 0 Å². The maximum Gasteiger partial charge on any atom is 0.252 e. The number of likely N-dealkylation sites (N-methyl/N-ethyl adjacent to an activating group) is 1. The minimum atomic E-state index is -1.41. The van der Waals surface area contributed by atoms with Crippen molar-refractivity contribution in [2.45, 2.75) is 55.7 Å². The van der Waals surface area contributed by atoms with E-state index in [0.29, 0.717) is 17.7 Å². The van der Waals surface area contributed by atoms with Crippen molar-refractivity contribution in [3.63, 3.8) is 0 Å². The van der Waals surface area contributed by atoms with Crippen LogP contribution in [-0.2, 0) is 26.2 Å². The molecular formula is C28H29FN4O4. The summed E-state index contributed by atoms with van der Waals surface area (Å²) in [6, 6.07) is 13.3. The predicted molar refractivity (Wildman–Crippen MR) is 132 cm³/mol. The van der Waals surface area contributed by atoms with Gasteiger partial charge in [0.15, 0.2) is 0 Å². The lowest BCUT2D eigenvalue weighted by Crippen LogP contribution is -2.53. The fourth-order valence-electron chi connectivity index (χ4n) is 5.59. The average molecular weight is 505 g/mol. The van der Waals surface area contributed by atoms with E-state index in [4.69, 9.17) is 0 Å². The standard InChI is InChI=1S/C28H29FN4O4/c1-32(26(36)24(34)13-18-8-10-19(29)11-9-18)23(12-17-6-7-17)25(35)33-16-28(14-20(33)15-30)21-4-2-3-5-22(21)31-27(28)37/h2-5,8-11,17,20,23-24,34H,6-7,12-14,16H2,1H3,(H,31,37)/t20-,23-,24+,28-/m0/s1. The summed E-state index contributed by atoms with van der Waals surface area (Å²) in [7, 11) is 1.49. The zero-order valence-corrected chi connectivity index (χ0v) is 20.6. The van der Waals surface area contributed by atoms with E-state index < -0.39 is 41.2 Å². The third-order valence-electron chi connectivity index (χ3n) is 7.90. The van der Waals surface area contributed by atoms with Crippen LogP contribution in [-0.4, -0.2) is 64.4 Å². The number of hydrogen-bond acceptors (Lipinski definition) is 5. The van der Waals surface area contributed by atoms with Gasteiger partial charge in [0.25, 0.3) is 5.91 Å². The van der Waals surface area contributed by atoms with Crippen LogP contribution in [0.25, 0.3) is 0 Å². The van der Waals surface area contributed by atoms with Crippen LogP contribution in [0.4, 0.5) is 10.1 Å². The minimum Gasteiger partial charge on any atom is -0.383 e. The highest BCUT2D eigenvalue weighted by Crippen LogP contribution is 2.46. The summed E-state index contributed by atoms with van der Waals surface area (Å²) in [5.74, 6) is -1.37. The molecule has 0 radical (unpaired) electrons. The molecular weight excluding hydrogens is 475 g/mol. The van der Waals surface area contributed by atoms with Crippen molar-refractivity contribution >= 4 is 23.4 Å². The number of aliphatic hydroxyl groups is 1. The Labute approximate surface area is 214 Å². The summed E-state index contributed by atoms with van der Waals surface area (Å²) in [6.45, 7) is 0.0498. The zero-order valence-electron chi connectivity index (χ0n) is 20.6. The van der Waals surface area contributed by atoms with Gasteiger partial charge in [0, 0.05) is 32.1 Å². The Morgan fingerprint density at radius 2 is 1.95 bits per heavy atom. The molecule has 2 aromatic carbocycles. The molecule has 8 nitrogen and oxygen atoms in total. The topological polar surface area (TPSA) is 114 Å². The minimum absolute atomic E-state index is 0.0155. The molecule has 37 heavy (non-hydrogen) atoms. The van der Waals surface area contributed by atoms with Crippen molar-refractivity contribution in [3.8, 4) is 6.07 Å². The number of benzene rings is 2. The number of nitrogens with one attached hydrogen (secondary N) is 1. The Bertz CT molecular complexity index is 1270. The molecule has 3 amide bonds. The normalized spacial score (nSPS) is 23.8. The molecule has 9 heteroatoms. The number of para-hydroxylation sites is 1. The molecule has 1 saturated heterocycles. The Balaban J connectivity index is 1.37. The third kappa shape index (κ3) is 4.58. The number of carbonyl (C=O) groups is 3. The molecule has 5 rings (SSSR count). The molecule has 0 bridgehead atoms. The molecule has 2 fully saturated rings. The fraction of sp³-hybridized carbons (Fsp3) is 0.429. The summed E-state index contributed by atoms with van der Waals surface area (Å²) in [6.07, 6.45) is 1.08. The summed E-state index contributed by atoms with van der Waals surface area (Å²) in [4.78, 5) is 42.9. The summed E-state index contributed by atoms with van der Waals surface area (Å²) in [5.41, 5.74) is 1.04. The van der Waals surface area contributed by atoms with Crippen LogP contribution in [0.3, 0.4) is 0 Å². The van der Waals surface area contributed by atoms with Crippen LogP contribution >= 0.6 is 0 Å². The van der Waals surface area contributed by atoms with Gasteiger partial charge in [-0.1, -0.05) is 43.2 Å². The molecule has 1 spiro atoms. The van der Waals surface area contributed by atoms with E-state index in [1.165, 1.54) is 41.1 Å². The van der Waals surface area contributed by atoms with Gasteiger partial charge in [-0.25, -0.2) is 4.39 Å². The van der Waals surface area contributed by atoms with Gasteiger partial charge in [-0.2, -0.15) is 5.26 Å². The number of rotatable bonds is 7. The Hall–Kier alpha value is -3.77. The first-order chi connectivity index (χ1) is 17.7. The van der Waals surface area contributed by atoms with Gasteiger partial charge in [-0.05, 0) is 41.7 Å². The van der Waals surface area contributed by atoms with Gasteiger partial charge in [0.2, 0.25) is 11.8 Å². The molecule has 0 unspecified atom stereocenters. The van der Waals surface area contributed by atoms with E-state index in [2.05, 4.69) is 11.4 Å². The summed E-state index contributed by atoms with van der Waals surface area (Å²) in [5, 5.41) is 23.5. The fourth-order valence-corrected chi connectivity index (χ4v) is 5.59. The van der Waals surface area contributed by atoms with Crippen molar-refractivity contribution in [1.82, 2.24) is 9.80 Å². The highest BCUT2D eigenvalue weighted by Gasteiger charge is 2.57. The molecule has 1 saturated carbocycles. The first-order valence-corrected chi connectivity index (χ1v) is 12.5. The molecule has 3 aliphatic rings. The van der Waals surface area contributed by atoms with Crippen LogP contribution in [0, 0.1) is 23.1 Å². The molecule has 192 valence electrons. The Morgan fingerprint density at radius 3 is 2.62 bits per heavy atom. The monoisotopic (exact) mass is 504 g/mol. The van der Waals surface area contributed by atoms with Gasteiger partial charge in [0.05, 0.1) is 11.5 Å². The average Bonchev–Trinajstić information content (AvgIpc) is 3.57. The highest BCUT2D eigenvalue weighted by atomic mass is 19.1. The van der Waals surface area contributed by atoms with E-state index >= 15 is 0 Å². The molecule has 2 N–H and O–H groups in total. The summed E-state index contributed by atoms with van der Waals surface area (Å²) >= 11 is 0. The van der Waals surface area contributed by atoms with Crippen LogP contribution in [0.1, 0.15) is 36.8 Å². The number of nitrogens with zero attached hydrogens (tertiary/aromatic N) is 3. The molecule has 2 aromatic rings. The van der Waals surface area contributed by atoms with E-state index in [-0.39, 0.29) is 31.2 Å². The van der Waals surface area contributed by atoms with Crippen molar-refractivity contribution in [3.05, 3.63) is 65.5 Å². The molecule has 1 aliphatic carbocycles. The SMILES string of the molecule is CN(C(=O)[C@H](O)Cc1ccc(F)cc1)[C@@H](CC1CC1)C(=O)N1C[C@]2(C[C@H]1C#N)C(=O)Nc1ccccc12. The van der Waals surface area contributed by atoms with Gasteiger partial charge in [0.1, 0.15) is 24.0 Å². The van der Waals surface area contributed by atoms with Crippen LogP contribution in [0.15, 0.2) is 48.5 Å². The summed E-state index contributed by atoms with van der Waals surface area (Å²) < 4.78 is 13.2. The smallest absolute Gasteiger partial charge is 0.252 e. The number of carbonyl (C=O) groups excluding carboxylic acids is 3. The molecule has 2 heterocycles. The quantitative estimate of drug-likeness (QED) is 0.601. The Morgan fingerprint density at radius 1 is 1.24 bits per heavy atom. The third-order valence-corrected chi connectivity index (χ3v) is 7.90. The number of amides is 3. The number of anilines is 1. The lowest BCUT2D eigenvalue weighted by Gasteiger charge is -2.33. The first kappa shape index (κ1) is 24.9. The van der Waals surface area contributed by atoms with Crippen LogP contribution in [0.2, 0.25) is 0 Å². The number of likely N-dealkylation sites (tertiary alicyclic amines) is 1. The molecule has 2 aliphatic heterocycles. The predicted octanol–water partition coefficient (Wildman–Crippen LogP) is 2.37. The number of nitriles is 1. The van der Waals surface area contributed by atoms with Crippen LogP contribution in [0.5, 0.6) is 0 Å². The zero-order chi connectivity index (χ0) is 26.3. The van der Waals surface area contributed by atoms with Crippen molar-refractivity contribution in [1.29, 1.82) is 5.26 Å². The van der Waals surface area contributed by atoms with E-state index in [1.54, 1.807) is 6.07 Å². The maximum atomic E-state index is 13.9. The second kappa shape index (κ2) is 9.60. The number of hydrogen-bond donors (Lipinski definition) is 2. The first-order valence-electron chi connectivity index (χ1n) is 12.5. The second-order valence-electron chi connectivity index (χ2n) is 10.4. The van der Waals surface area contributed by atoms with Crippen molar-refractivity contribution < 1.29 is 23.9 Å². The van der Waals surface area contributed by atoms with E-state index in [9.17, 15) is 29.1 Å². The van der Waals surface area contributed by atoms with Crippen molar-refractivity contribution in [2.75, 3.05) is 18.9 Å². The Kier molecular flexibility index (Phi) is 6.46. The second-order valence-corrected chi connectivity index (χ2v) is 10.4. The maximum absolute atomic E-state index is 13.9. The van der Waals surface area contributed by atoms with Crippen molar-refractivity contribution in [2.24, 2.45) is 5.92 Å². The number of halogens is 1. The van der Waals surface area contributed by atoms with Gasteiger partial charge >= 0.3 is 0 Å². The largest absolute Gasteiger partial charge is 0.383 e. The lowest BCUT2D eigenvalue weighted by molar-refractivity contribution is -0.150. The highest BCUT2D eigenvalue weighted by molar-refractivity contribution is 6.07. The number of fused-ring (bicyclic) bond motifs is 2. The molecule has 4 atom stereocenters. The van der Waals surface area contributed by atoms with Gasteiger partial charge in [-0.3, -0.25) is 14.4 Å².